The largest absolute Gasteiger partial charge is 0.508 e. The SMILES string of the molecule is C=C(C/C=C/[C@@H](COCc1ccccc1)OC(=O)OCC)C[C@@H](O)COCc1ccccc1. The molecule has 0 radical (unpaired) electrons. The molecule has 1 N–H and O–H groups in total. The van der Waals surface area contributed by atoms with E-state index in [1.54, 1.807) is 13.0 Å². The Morgan fingerprint density at radius 2 is 1.55 bits per heavy atom. The molecule has 0 saturated carbocycles. The number of allylic oxidation sites excluding steroid dienone is 1. The number of carbonyl (C=O) groups excluding carboxylic acids is 1. The molecule has 0 aliphatic heterocycles. The maximum atomic E-state index is 11.7. The molecular weight excluding hydrogens is 420 g/mol. The van der Waals surface area contributed by atoms with Crippen LogP contribution in [-0.2, 0) is 32.2 Å². The third-order valence-corrected chi connectivity index (χ3v) is 4.61. The highest BCUT2D eigenvalue weighted by molar-refractivity contribution is 5.60. The second kappa shape index (κ2) is 15.8. The van der Waals surface area contributed by atoms with E-state index in [1.165, 1.54) is 0 Å². The third-order valence-electron chi connectivity index (χ3n) is 4.61. The second-order valence-corrected chi connectivity index (χ2v) is 7.58. The molecule has 0 unspecified atom stereocenters. The van der Waals surface area contributed by atoms with Gasteiger partial charge in [0.15, 0.2) is 0 Å². The molecule has 6 nitrogen and oxygen atoms in total. The van der Waals surface area contributed by atoms with E-state index in [0.29, 0.717) is 26.1 Å². The van der Waals surface area contributed by atoms with Crippen LogP contribution in [0.15, 0.2) is 85.0 Å². The summed E-state index contributed by atoms with van der Waals surface area (Å²) in [5, 5.41) is 10.2. The zero-order valence-electron chi connectivity index (χ0n) is 19.2. The Labute approximate surface area is 196 Å². The van der Waals surface area contributed by atoms with Crippen LogP contribution in [0.1, 0.15) is 30.9 Å². The van der Waals surface area contributed by atoms with E-state index < -0.39 is 18.4 Å². The highest BCUT2D eigenvalue weighted by atomic mass is 16.7. The highest BCUT2D eigenvalue weighted by Crippen LogP contribution is 2.12. The predicted octanol–water partition coefficient (Wildman–Crippen LogP) is 5.22. The van der Waals surface area contributed by atoms with Crippen LogP contribution in [0.5, 0.6) is 0 Å². The summed E-state index contributed by atoms with van der Waals surface area (Å²) in [6.45, 7) is 7.29. The summed E-state index contributed by atoms with van der Waals surface area (Å²) in [6.07, 6.45) is 2.63. The maximum Gasteiger partial charge on any atom is 0.508 e. The highest BCUT2D eigenvalue weighted by Gasteiger charge is 2.13. The normalized spacial score (nSPS) is 12.9. The van der Waals surface area contributed by atoms with Gasteiger partial charge in [0.25, 0.3) is 0 Å². The monoisotopic (exact) mass is 454 g/mol. The lowest BCUT2D eigenvalue weighted by Crippen LogP contribution is -2.22. The van der Waals surface area contributed by atoms with Crippen molar-refractivity contribution >= 4 is 6.16 Å². The minimum atomic E-state index is -0.736. The summed E-state index contributed by atoms with van der Waals surface area (Å²) in [5.74, 6) is 0. The quantitative estimate of drug-likeness (QED) is 0.294. The van der Waals surface area contributed by atoms with Crippen molar-refractivity contribution in [2.75, 3.05) is 19.8 Å². The maximum absolute atomic E-state index is 11.7. The lowest BCUT2D eigenvalue weighted by molar-refractivity contribution is -0.00102. The van der Waals surface area contributed by atoms with Crippen molar-refractivity contribution in [3.63, 3.8) is 0 Å². The van der Waals surface area contributed by atoms with Gasteiger partial charge in [-0.3, -0.25) is 0 Å². The molecule has 2 rings (SSSR count). The fourth-order valence-electron chi connectivity index (χ4n) is 3.02. The molecule has 0 fully saturated rings. The van der Waals surface area contributed by atoms with Gasteiger partial charge in [-0.05, 0) is 37.0 Å². The first-order chi connectivity index (χ1) is 16.1. The standard InChI is InChI=1S/C27H34O6/c1-3-32-27(29)33-26(21-31-19-24-14-8-5-9-15-24)16-10-11-22(2)17-25(28)20-30-18-23-12-6-4-7-13-23/h4-10,12-16,25-26,28H,2-3,11,17-21H2,1H3/b16-10+/t25-,26+/m1/s1. The van der Waals surface area contributed by atoms with Crippen LogP contribution in [-0.4, -0.2) is 43.3 Å². The Kier molecular flexibility index (Phi) is 12.6. The number of rotatable bonds is 15. The first kappa shape index (κ1) is 26.3. The molecule has 178 valence electrons. The van der Waals surface area contributed by atoms with E-state index in [0.717, 1.165) is 16.7 Å². The summed E-state index contributed by atoms with van der Waals surface area (Å²) in [5.41, 5.74) is 2.95. The summed E-state index contributed by atoms with van der Waals surface area (Å²) in [7, 11) is 0. The van der Waals surface area contributed by atoms with E-state index in [-0.39, 0.29) is 19.8 Å². The number of benzene rings is 2. The predicted molar refractivity (Wildman–Crippen MR) is 128 cm³/mol. The van der Waals surface area contributed by atoms with Crippen molar-refractivity contribution in [1.82, 2.24) is 0 Å². The van der Waals surface area contributed by atoms with Gasteiger partial charge in [-0.15, -0.1) is 0 Å². The fourth-order valence-corrected chi connectivity index (χ4v) is 3.02. The molecule has 2 atom stereocenters. The molecule has 0 bridgehead atoms. The van der Waals surface area contributed by atoms with Gasteiger partial charge in [0.05, 0.1) is 39.1 Å². The van der Waals surface area contributed by atoms with E-state index in [9.17, 15) is 9.90 Å². The molecule has 0 spiro atoms. The summed E-state index contributed by atoms with van der Waals surface area (Å²) >= 11 is 0. The molecule has 0 amide bonds. The Hall–Kier alpha value is -2.93. The molecule has 0 aliphatic rings. The molecule has 0 saturated heterocycles. The zero-order chi connectivity index (χ0) is 23.7. The molecule has 2 aromatic rings. The van der Waals surface area contributed by atoms with Gasteiger partial charge in [0.2, 0.25) is 0 Å². The number of hydrogen-bond donors (Lipinski definition) is 1. The van der Waals surface area contributed by atoms with E-state index in [2.05, 4.69) is 6.58 Å². The molecule has 33 heavy (non-hydrogen) atoms. The van der Waals surface area contributed by atoms with Crippen LogP contribution in [0.4, 0.5) is 4.79 Å². The topological polar surface area (TPSA) is 74.2 Å². The number of aliphatic hydroxyl groups is 1. The summed E-state index contributed by atoms with van der Waals surface area (Å²) < 4.78 is 21.5. The summed E-state index contributed by atoms with van der Waals surface area (Å²) in [4.78, 5) is 11.7. The van der Waals surface area contributed by atoms with Gasteiger partial charge in [0.1, 0.15) is 6.10 Å². The molecule has 6 heteroatoms. The minimum Gasteiger partial charge on any atom is -0.435 e. The first-order valence-corrected chi connectivity index (χ1v) is 11.1. The number of carbonyl (C=O) groups is 1. The van der Waals surface area contributed by atoms with Crippen LogP contribution in [0.25, 0.3) is 0 Å². The number of hydrogen-bond acceptors (Lipinski definition) is 6. The Bertz CT molecular complexity index is 834. The molecule has 0 aliphatic carbocycles. The van der Waals surface area contributed by atoms with Crippen LogP contribution in [0.3, 0.4) is 0 Å². The third kappa shape index (κ3) is 12.0. The van der Waals surface area contributed by atoms with Gasteiger partial charge >= 0.3 is 6.16 Å². The number of aliphatic hydroxyl groups excluding tert-OH is 1. The molecule has 0 heterocycles. The lowest BCUT2D eigenvalue weighted by atomic mass is 10.1. The Morgan fingerprint density at radius 3 is 2.12 bits per heavy atom. The second-order valence-electron chi connectivity index (χ2n) is 7.58. The van der Waals surface area contributed by atoms with Crippen molar-refractivity contribution in [1.29, 1.82) is 0 Å². The van der Waals surface area contributed by atoms with Gasteiger partial charge < -0.3 is 24.1 Å². The average molecular weight is 455 g/mol. The Balaban J connectivity index is 1.73. The van der Waals surface area contributed by atoms with Gasteiger partial charge in [0, 0.05) is 0 Å². The van der Waals surface area contributed by atoms with Gasteiger partial charge in [-0.25, -0.2) is 4.79 Å². The van der Waals surface area contributed by atoms with Crippen LogP contribution < -0.4 is 0 Å². The first-order valence-electron chi connectivity index (χ1n) is 11.1. The smallest absolute Gasteiger partial charge is 0.435 e. The number of ether oxygens (including phenoxy) is 4. The lowest BCUT2D eigenvalue weighted by Gasteiger charge is -2.15. The van der Waals surface area contributed by atoms with Crippen molar-refractivity contribution in [3.05, 3.63) is 96.1 Å². The molecule has 0 aromatic heterocycles. The summed E-state index contributed by atoms with van der Waals surface area (Å²) in [6, 6.07) is 19.6. The minimum absolute atomic E-state index is 0.201. The average Bonchev–Trinajstić information content (AvgIpc) is 2.80. The van der Waals surface area contributed by atoms with Crippen molar-refractivity contribution in [2.45, 2.75) is 45.2 Å². The van der Waals surface area contributed by atoms with Crippen LogP contribution in [0, 0.1) is 0 Å². The molecular formula is C27H34O6. The fraction of sp³-hybridized carbons (Fsp3) is 0.370. The Morgan fingerprint density at radius 1 is 0.970 bits per heavy atom. The molecule has 2 aromatic carbocycles. The van der Waals surface area contributed by atoms with E-state index in [4.69, 9.17) is 18.9 Å². The van der Waals surface area contributed by atoms with E-state index >= 15 is 0 Å². The van der Waals surface area contributed by atoms with Crippen molar-refractivity contribution in [3.8, 4) is 0 Å². The van der Waals surface area contributed by atoms with Crippen molar-refractivity contribution < 1.29 is 28.8 Å². The zero-order valence-corrected chi connectivity index (χ0v) is 19.2. The van der Waals surface area contributed by atoms with Crippen LogP contribution >= 0.6 is 0 Å². The van der Waals surface area contributed by atoms with Crippen molar-refractivity contribution in [2.24, 2.45) is 0 Å². The van der Waals surface area contributed by atoms with Crippen LogP contribution in [0.2, 0.25) is 0 Å². The van der Waals surface area contributed by atoms with Gasteiger partial charge in [-0.2, -0.15) is 0 Å². The van der Waals surface area contributed by atoms with E-state index in [1.807, 2.05) is 66.7 Å². The van der Waals surface area contributed by atoms with Gasteiger partial charge in [-0.1, -0.05) is 78.9 Å².